The fourth-order valence-electron chi connectivity index (χ4n) is 0.780. The highest BCUT2D eigenvalue weighted by molar-refractivity contribution is 6.07. The van der Waals surface area contributed by atoms with Crippen LogP contribution >= 0.6 is 0 Å². The number of hydrogen-bond donors (Lipinski definition) is 3. The Morgan fingerprint density at radius 2 is 2.36 bits per heavy atom. The minimum atomic E-state index is 0.222. The summed E-state index contributed by atoms with van der Waals surface area (Å²) in [5, 5.41) is 17.5. The van der Waals surface area contributed by atoms with Gasteiger partial charge in [0.1, 0.15) is 5.84 Å². The van der Waals surface area contributed by atoms with Gasteiger partial charge in [-0.25, -0.2) is 0 Å². The summed E-state index contributed by atoms with van der Waals surface area (Å²) in [4.78, 5) is 1.44. The summed E-state index contributed by atoms with van der Waals surface area (Å²) in [7, 11) is 0. The number of rotatable bonds is 0. The number of nitrogens with one attached hydrogen (secondary N) is 3. The average Bonchev–Trinajstić information content (AvgIpc) is 1.94. The third kappa shape index (κ3) is 1.29. The molecule has 0 fully saturated rings. The predicted octanol–water partition coefficient (Wildman–Crippen LogP) is 0.851. The van der Waals surface area contributed by atoms with Crippen molar-refractivity contribution in [1.29, 1.82) is 10.8 Å². The van der Waals surface area contributed by atoms with Gasteiger partial charge in [0, 0.05) is 12.4 Å². The van der Waals surface area contributed by atoms with E-state index in [1.807, 2.05) is 0 Å². The Balaban J connectivity index is 2.89. The zero-order chi connectivity index (χ0) is 8.43. The quantitative estimate of drug-likeness (QED) is 0.354. The number of hydrogen-bond acceptors (Lipinski definition) is 3. The minimum Gasteiger partial charge on any atom is -0.358 e. The lowest BCUT2D eigenvalue weighted by molar-refractivity contribution is 0.760. The Hall–Kier alpha value is -1.58. The molecule has 0 aromatic rings. The summed E-state index contributed by atoms with van der Waals surface area (Å²) in [6.45, 7) is 5.23. The Bertz CT molecular complexity index is 251. The van der Waals surface area contributed by atoms with Gasteiger partial charge in [0.15, 0.2) is 5.84 Å². The molecule has 0 amide bonds. The van der Waals surface area contributed by atoms with Crippen molar-refractivity contribution in [2.75, 3.05) is 0 Å². The van der Waals surface area contributed by atoms with Gasteiger partial charge in [-0.1, -0.05) is 6.58 Å². The first-order valence-corrected chi connectivity index (χ1v) is 3.18. The summed E-state index contributed by atoms with van der Waals surface area (Å²) in [5.74, 6) is 0.536. The lowest BCUT2D eigenvalue weighted by Gasteiger charge is -2.24. The van der Waals surface area contributed by atoms with E-state index in [1.165, 1.54) is 4.90 Å². The van der Waals surface area contributed by atoms with Gasteiger partial charge >= 0.3 is 0 Å². The van der Waals surface area contributed by atoms with E-state index in [-0.39, 0.29) is 5.84 Å². The number of amidine groups is 2. The van der Waals surface area contributed by atoms with Crippen LogP contribution in [0.4, 0.5) is 0 Å². The molecule has 0 radical (unpaired) electrons. The van der Waals surface area contributed by atoms with E-state index < -0.39 is 0 Å². The van der Waals surface area contributed by atoms with Gasteiger partial charge in [0.2, 0.25) is 0 Å². The van der Waals surface area contributed by atoms with Crippen LogP contribution in [0.3, 0.4) is 0 Å². The third-order valence-corrected chi connectivity index (χ3v) is 1.37. The van der Waals surface area contributed by atoms with E-state index >= 15 is 0 Å². The summed E-state index contributed by atoms with van der Waals surface area (Å²) >= 11 is 0. The molecule has 4 nitrogen and oxygen atoms in total. The average molecular weight is 150 g/mol. The van der Waals surface area contributed by atoms with Crippen molar-refractivity contribution in [3.8, 4) is 0 Å². The largest absolute Gasteiger partial charge is 0.358 e. The highest BCUT2D eigenvalue weighted by Crippen LogP contribution is 2.04. The standard InChI is InChI=1S/C7H10N4/c1-5-7(9)11(6(2)8)4-3-10-5/h3-4,8-10H,1H2,2H3. The normalized spacial score (nSPS) is 16.6. The minimum absolute atomic E-state index is 0.222. The van der Waals surface area contributed by atoms with Crippen molar-refractivity contribution >= 4 is 11.7 Å². The first-order chi connectivity index (χ1) is 5.13. The van der Waals surface area contributed by atoms with Gasteiger partial charge in [-0.3, -0.25) is 15.7 Å². The maximum atomic E-state index is 7.45. The molecule has 0 aromatic heterocycles. The van der Waals surface area contributed by atoms with Gasteiger partial charge in [0.25, 0.3) is 0 Å². The van der Waals surface area contributed by atoms with Crippen molar-refractivity contribution in [2.24, 2.45) is 0 Å². The van der Waals surface area contributed by atoms with Crippen molar-refractivity contribution in [1.82, 2.24) is 10.2 Å². The zero-order valence-electron chi connectivity index (χ0n) is 6.31. The van der Waals surface area contributed by atoms with Gasteiger partial charge in [-0.15, -0.1) is 0 Å². The van der Waals surface area contributed by atoms with Crippen molar-refractivity contribution in [3.63, 3.8) is 0 Å². The first-order valence-electron chi connectivity index (χ1n) is 3.18. The Morgan fingerprint density at radius 1 is 1.73 bits per heavy atom. The first kappa shape index (κ1) is 7.53. The highest BCUT2D eigenvalue weighted by atomic mass is 15.2. The molecule has 1 aliphatic heterocycles. The smallest absolute Gasteiger partial charge is 0.153 e. The molecule has 58 valence electrons. The van der Waals surface area contributed by atoms with Crippen LogP contribution in [-0.2, 0) is 0 Å². The molecule has 0 aromatic carbocycles. The van der Waals surface area contributed by atoms with E-state index in [1.54, 1.807) is 19.3 Å². The Kier molecular flexibility index (Phi) is 1.76. The summed E-state index contributed by atoms with van der Waals surface area (Å²) in [5.41, 5.74) is 0.513. The molecule has 1 aliphatic rings. The van der Waals surface area contributed by atoms with Crippen LogP contribution in [0, 0.1) is 10.8 Å². The van der Waals surface area contributed by atoms with Gasteiger partial charge in [0.05, 0.1) is 5.70 Å². The van der Waals surface area contributed by atoms with Gasteiger partial charge < -0.3 is 5.32 Å². The molecule has 0 aliphatic carbocycles. The van der Waals surface area contributed by atoms with Gasteiger partial charge in [-0.2, -0.15) is 0 Å². The molecule has 11 heavy (non-hydrogen) atoms. The molecule has 0 saturated heterocycles. The summed E-state index contributed by atoms with van der Waals surface area (Å²) in [6, 6.07) is 0. The lowest BCUT2D eigenvalue weighted by atomic mass is 10.3. The monoisotopic (exact) mass is 150 g/mol. The third-order valence-electron chi connectivity index (χ3n) is 1.37. The molecular weight excluding hydrogens is 140 g/mol. The SMILES string of the molecule is C=C1NC=CN(C(C)=N)C1=N. The van der Waals surface area contributed by atoms with E-state index in [0.717, 1.165) is 0 Å². The summed E-state index contributed by atoms with van der Waals surface area (Å²) in [6.07, 6.45) is 3.28. The van der Waals surface area contributed by atoms with Crippen LogP contribution in [0.1, 0.15) is 6.92 Å². The molecule has 0 saturated carbocycles. The molecule has 1 heterocycles. The maximum absolute atomic E-state index is 7.45. The predicted molar refractivity (Wildman–Crippen MR) is 44.4 cm³/mol. The van der Waals surface area contributed by atoms with Gasteiger partial charge in [-0.05, 0) is 6.92 Å². The second-order valence-corrected chi connectivity index (χ2v) is 2.24. The molecule has 0 unspecified atom stereocenters. The molecule has 4 heteroatoms. The van der Waals surface area contributed by atoms with Crippen LogP contribution in [0.15, 0.2) is 24.7 Å². The van der Waals surface area contributed by atoms with E-state index in [9.17, 15) is 0 Å². The van der Waals surface area contributed by atoms with Crippen molar-refractivity contribution < 1.29 is 0 Å². The van der Waals surface area contributed by atoms with Crippen LogP contribution < -0.4 is 5.32 Å². The highest BCUT2D eigenvalue weighted by Gasteiger charge is 2.14. The van der Waals surface area contributed by atoms with Crippen molar-refractivity contribution in [2.45, 2.75) is 6.92 Å². The molecule has 0 spiro atoms. The van der Waals surface area contributed by atoms with E-state index in [2.05, 4.69) is 11.9 Å². The Morgan fingerprint density at radius 3 is 2.82 bits per heavy atom. The molecule has 1 rings (SSSR count). The summed E-state index contributed by atoms with van der Waals surface area (Å²) < 4.78 is 0. The second-order valence-electron chi connectivity index (χ2n) is 2.24. The Labute approximate surface area is 65.2 Å². The van der Waals surface area contributed by atoms with Crippen LogP contribution in [-0.4, -0.2) is 16.6 Å². The fourth-order valence-corrected chi connectivity index (χ4v) is 0.780. The fraction of sp³-hybridized carbons (Fsp3) is 0.143. The molecule has 0 atom stereocenters. The van der Waals surface area contributed by atoms with Crippen LogP contribution in [0.25, 0.3) is 0 Å². The van der Waals surface area contributed by atoms with E-state index in [4.69, 9.17) is 10.8 Å². The van der Waals surface area contributed by atoms with E-state index in [0.29, 0.717) is 11.5 Å². The second kappa shape index (κ2) is 2.57. The van der Waals surface area contributed by atoms with Crippen LogP contribution in [0.2, 0.25) is 0 Å². The topological polar surface area (TPSA) is 63.0 Å². The maximum Gasteiger partial charge on any atom is 0.153 e. The zero-order valence-corrected chi connectivity index (χ0v) is 6.31. The lowest BCUT2D eigenvalue weighted by Crippen LogP contribution is -2.37. The molecule has 3 N–H and O–H groups in total. The van der Waals surface area contributed by atoms with Crippen LogP contribution in [0.5, 0.6) is 0 Å². The van der Waals surface area contributed by atoms with Crippen molar-refractivity contribution in [3.05, 3.63) is 24.7 Å². The molecule has 0 bridgehead atoms. The molecular formula is C7H10N4. The number of nitrogens with zero attached hydrogens (tertiary/aromatic N) is 1.